The van der Waals surface area contributed by atoms with Crippen LogP contribution in [0, 0.1) is 5.21 Å². The molecule has 13 heteroatoms. The van der Waals surface area contributed by atoms with Crippen LogP contribution in [-0.4, -0.2) is 78.5 Å². The van der Waals surface area contributed by atoms with E-state index in [0.717, 1.165) is 22.3 Å². The summed E-state index contributed by atoms with van der Waals surface area (Å²) in [5.41, 5.74) is 2.67. The number of ether oxygens (including phenoxy) is 4. The lowest BCUT2D eigenvalue weighted by molar-refractivity contribution is -0.117. The van der Waals surface area contributed by atoms with Crippen LogP contribution in [-0.2, 0) is 18.9 Å². The van der Waals surface area contributed by atoms with Crippen molar-refractivity contribution in [3.05, 3.63) is 64.9 Å². The molecule has 13 nitrogen and oxygen atoms in total. The largest absolute Gasteiger partial charge is 0.761 e. The fourth-order valence-electron chi connectivity index (χ4n) is 4.38. The highest BCUT2D eigenvalue weighted by atomic mass is 16.8. The zero-order chi connectivity index (χ0) is 31.8. The summed E-state index contributed by atoms with van der Waals surface area (Å²) in [5, 5.41) is 28.4. The highest BCUT2D eigenvalue weighted by Crippen LogP contribution is 2.44. The molecule has 2 aromatic rings. The standard InChI is InChI=1S/C30H41N4O9/c1-29(2,3)42-26(35)31-15-19(16-32-27(36)43-30(4,5)6)40-18-25(34(38)39)33-28(37)41-17-24-22-13-9-7-11-20(22)21-12-8-10-14-23(21)24/h7-14,19,24-25,38H,15-18H2,1-6H3,(H,31,35)(H,32,36)(H,33,37)/q-1/t25-/m1/s1. The van der Waals surface area contributed by atoms with Gasteiger partial charge in [0.05, 0.1) is 12.7 Å². The van der Waals surface area contributed by atoms with Gasteiger partial charge in [0.1, 0.15) is 24.0 Å². The fourth-order valence-corrected chi connectivity index (χ4v) is 4.38. The molecule has 0 bridgehead atoms. The maximum atomic E-state index is 12.7. The molecule has 2 aromatic carbocycles. The van der Waals surface area contributed by atoms with E-state index >= 15 is 0 Å². The number of nitrogens with one attached hydrogen (secondary N) is 3. The van der Waals surface area contributed by atoms with E-state index in [-0.39, 0.29) is 25.6 Å². The molecule has 236 valence electrons. The number of benzene rings is 2. The Balaban J connectivity index is 1.58. The molecule has 3 rings (SSSR count). The molecule has 0 spiro atoms. The number of amides is 3. The summed E-state index contributed by atoms with van der Waals surface area (Å²) in [7, 11) is 0. The van der Waals surface area contributed by atoms with E-state index in [0.29, 0.717) is 0 Å². The maximum absolute atomic E-state index is 12.7. The molecule has 1 aliphatic carbocycles. The number of alkyl carbamates (subject to hydrolysis) is 3. The van der Waals surface area contributed by atoms with E-state index < -0.39 is 53.6 Å². The number of hydrogen-bond acceptors (Lipinski definition) is 10. The van der Waals surface area contributed by atoms with E-state index in [2.05, 4.69) is 16.0 Å². The van der Waals surface area contributed by atoms with E-state index in [1.54, 1.807) is 41.5 Å². The van der Waals surface area contributed by atoms with Gasteiger partial charge in [-0.3, -0.25) is 0 Å². The van der Waals surface area contributed by atoms with Crippen molar-refractivity contribution >= 4 is 18.3 Å². The maximum Gasteiger partial charge on any atom is 0.408 e. The average Bonchev–Trinajstić information content (AvgIpc) is 3.22. The summed E-state index contributed by atoms with van der Waals surface area (Å²) in [5.74, 6) is -0.201. The second kappa shape index (κ2) is 14.5. The van der Waals surface area contributed by atoms with E-state index in [1.807, 2.05) is 48.5 Å². The van der Waals surface area contributed by atoms with Crippen LogP contribution in [0.2, 0.25) is 0 Å². The Morgan fingerprint density at radius 1 is 0.837 bits per heavy atom. The van der Waals surface area contributed by atoms with Gasteiger partial charge in [-0.1, -0.05) is 48.5 Å². The normalized spacial score (nSPS) is 13.6. The van der Waals surface area contributed by atoms with Gasteiger partial charge in [0, 0.05) is 19.0 Å². The van der Waals surface area contributed by atoms with Gasteiger partial charge in [-0.15, -0.1) is 0 Å². The molecular weight excluding hydrogens is 560 g/mol. The SMILES string of the molecule is CC(C)(C)OC(=O)NCC(CNC(=O)OC(C)(C)C)OC[C@H](NC(=O)OCC1c2ccccc2-c2ccccc21)N([O-])O. The van der Waals surface area contributed by atoms with Crippen LogP contribution in [0.15, 0.2) is 48.5 Å². The quantitative estimate of drug-likeness (QED) is 0.164. The molecule has 1 aliphatic rings. The molecule has 0 aromatic heterocycles. The van der Waals surface area contributed by atoms with Crippen LogP contribution in [0.4, 0.5) is 14.4 Å². The van der Waals surface area contributed by atoms with Gasteiger partial charge >= 0.3 is 18.3 Å². The minimum absolute atomic E-state index is 0.0000350. The van der Waals surface area contributed by atoms with Gasteiger partial charge in [0.2, 0.25) is 0 Å². The summed E-state index contributed by atoms with van der Waals surface area (Å²) in [6, 6.07) is 15.7. The van der Waals surface area contributed by atoms with Crippen molar-refractivity contribution in [3.63, 3.8) is 0 Å². The number of carbonyl (C=O) groups excluding carboxylic acids is 3. The van der Waals surface area contributed by atoms with Crippen LogP contribution in [0.1, 0.15) is 58.6 Å². The zero-order valence-electron chi connectivity index (χ0n) is 25.3. The molecule has 0 aliphatic heterocycles. The molecule has 0 fully saturated rings. The first-order valence-corrected chi connectivity index (χ1v) is 13.9. The average molecular weight is 602 g/mol. The number of hydroxylamine groups is 2. The second-order valence-corrected chi connectivity index (χ2v) is 12.0. The van der Waals surface area contributed by atoms with Gasteiger partial charge < -0.3 is 45.3 Å². The summed E-state index contributed by atoms with van der Waals surface area (Å²) in [4.78, 5) is 37.0. The Morgan fingerprint density at radius 2 is 1.30 bits per heavy atom. The smallest absolute Gasteiger partial charge is 0.408 e. The van der Waals surface area contributed by atoms with Gasteiger partial charge in [-0.2, -0.15) is 0 Å². The Bertz CT molecular complexity index is 1180. The third kappa shape index (κ3) is 10.7. The first-order valence-electron chi connectivity index (χ1n) is 13.9. The van der Waals surface area contributed by atoms with Gasteiger partial charge in [-0.25, -0.2) is 19.6 Å². The molecular formula is C30H41N4O9-. The summed E-state index contributed by atoms with van der Waals surface area (Å²) < 4.78 is 21.6. The summed E-state index contributed by atoms with van der Waals surface area (Å²) in [6.07, 6.45) is -4.84. The molecule has 0 heterocycles. The Hall–Kier alpha value is -3.91. The first-order chi connectivity index (χ1) is 20.1. The molecule has 0 saturated carbocycles. The van der Waals surface area contributed by atoms with Crippen LogP contribution in [0.3, 0.4) is 0 Å². The first kappa shape index (κ1) is 33.6. The third-order valence-electron chi connectivity index (χ3n) is 6.13. The molecule has 43 heavy (non-hydrogen) atoms. The Labute approximate surface area is 251 Å². The monoisotopic (exact) mass is 601 g/mol. The number of rotatable bonds is 11. The highest BCUT2D eigenvalue weighted by molar-refractivity contribution is 5.79. The van der Waals surface area contributed by atoms with Crippen molar-refractivity contribution in [1.29, 1.82) is 0 Å². The van der Waals surface area contributed by atoms with Crippen LogP contribution >= 0.6 is 0 Å². The van der Waals surface area contributed by atoms with Crippen molar-refractivity contribution in [1.82, 2.24) is 21.2 Å². The Morgan fingerprint density at radius 3 is 1.74 bits per heavy atom. The second-order valence-electron chi connectivity index (χ2n) is 12.0. The van der Waals surface area contributed by atoms with Crippen molar-refractivity contribution in [2.75, 3.05) is 26.3 Å². The minimum Gasteiger partial charge on any atom is -0.761 e. The molecule has 0 radical (unpaired) electrons. The van der Waals surface area contributed by atoms with E-state index in [1.165, 1.54) is 0 Å². The van der Waals surface area contributed by atoms with Crippen LogP contribution in [0.25, 0.3) is 11.1 Å². The van der Waals surface area contributed by atoms with Crippen molar-refractivity contribution in [2.24, 2.45) is 0 Å². The number of fused-ring (bicyclic) bond motifs is 3. The zero-order valence-corrected chi connectivity index (χ0v) is 25.3. The third-order valence-corrected chi connectivity index (χ3v) is 6.13. The molecule has 4 N–H and O–H groups in total. The van der Waals surface area contributed by atoms with Gasteiger partial charge in [-0.05, 0) is 63.8 Å². The summed E-state index contributed by atoms with van der Waals surface area (Å²) in [6.45, 7) is 9.44. The van der Waals surface area contributed by atoms with Crippen molar-refractivity contribution < 1.29 is 38.5 Å². The Kier molecular flexibility index (Phi) is 11.3. The highest BCUT2D eigenvalue weighted by Gasteiger charge is 2.29. The van der Waals surface area contributed by atoms with Gasteiger partial charge in [0.25, 0.3) is 0 Å². The topological polar surface area (TPSA) is 171 Å². The number of nitrogens with zero attached hydrogens (tertiary/aromatic N) is 1. The minimum atomic E-state index is -1.55. The lowest BCUT2D eigenvalue weighted by Crippen LogP contribution is -2.50. The number of hydrogen-bond donors (Lipinski definition) is 4. The van der Waals surface area contributed by atoms with Crippen molar-refractivity contribution in [3.8, 4) is 11.1 Å². The number of carbonyl (C=O) groups is 3. The van der Waals surface area contributed by atoms with Crippen LogP contribution in [0.5, 0.6) is 0 Å². The molecule has 0 unspecified atom stereocenters. The lowest BCUT2D eigenvalue weighted by Gasteiger charge is -2.32. The molecule has 1 atom stereocenters. The fraction of sp³-hybridized carbons (Fsp3) is 0.500. The predicted octanol–water partition coefficient (Wildman–Crippen LogP) is 4.47. The molecule has 3 amide bonds. The van der Waals surface area contributed by atoms with E-state index in [4.69, 9.17) is 18.9 Å². The predicted molar refractivity (Wildman–Crippen MR) is 157 cm³/mol. The van der Waals surface area contributed by atoms with Crippen LogP contribution < -0.4 is 16.0 Å². The van der Waals surface area contributed by atoms with Crippen molar-refractivity contribution in [2.45, 2.75) is 70.9 Å². The lowest BCUT2D eigenvalue weighted by atomic mass is 9.98. The van der Waals surface area contributed by atoms with E-state index in [9.17, 15) is 24.8 Å². The molecule has 0 saturated heterocycles. The van der Waals surface area contributed by atoms with Gasteiger partial charge in [0.15, 0.2) is 0 Å². The summed E-state index contributed by atoms with van der Waals surface area (Å²) >= 11 is 0.